The van der Waals surface area contributed by atoms with E-state index in [0.29, 0.717) is 22.6 Å². The van der Waals surface area contributed by atoms with E-state index in [1.54, 1.807) is 69.7 Å². The molecule has 1 N–H and O–H groups in total. The first kappa shape index (κ1) is 16.8. The fraction of sp³-hybridized carbons (Fsp3) is 0.278. The monoisotopic (exact) mass is 316 g/mol. The molecule has 0 aromatic heterocycles. The highest BCUT2D eigenvalue weighted by Crippen LogP contribution is 2.25. The Morgan fingerprint density at radius 3 is 1.83 bits per heavy atom. The Balaban J connectivity index is 2.15. The molecule has 122 valence electrons. The van der Waals surface area contributed by atoms with Gasteiger partial charge in [0.05, 0.1) is 25.9 Å². The average molecular weight is 316 g/mol. The number of hydrogen-bond acceptors (Lipinski definition) is 5. The lowest BCUT2D eigenvalue weighted by Crippen LogP contribution is -2.21. The molecule has 0 aliphatic carbocycles. The Kier molecular flexibility index (Phi) is 5.60. The van der Waals surface area contributed by atoms with Crippen LogP contribution >= 0.6 is 0 Å². The Morgan fingerprint density at radius 2 is 1.39 bits per heavy atom. The molecule has 2 rings (SSSR count). The van der Waals surface area contributed by atoms with Gasteiger partial charge in [-0.3, -0.25) is 0 Å². The molecule has 2 atom stereocenters. The summed E-state index contributed by atoms with van der Waals surface area (Å²) in [4.78, 5) is 12.3. The van der Waals surface area contributed by atoms with E-state index in [1.807, 2.05) is 0 Å². The minimum absolute atomic E-state index is 0.393. The zero-order valence-corrected chi connectivity index (χ0v) is 13.4. The van der Waals surface area contributed by atoms with Crippen molar-refractivity contribution in [3.05, 3.63) is 59.7 Å². The molecule has 23 heavy (non-hydrogen) atoms. The molecule has 0 fully saturated rings. The van der Waals surface area contributed by atoms with Crippen molar-refractivity contribution in [3.8, 4) is 11.5 Å². The molecule has 0 radical (unpaired) electrons. The third-order valence-corrected chi connectivity index (χ3v) is 3.44. The van der Waals surface area contributed by atoms with Crippen LogP contribution in [-0.4, -0.2) is 31.4 Å². The number of aliphatic hydroxyl groups is 1. The molecule has 0 heterocycles. The second kappa shape index (κ2) is 7.65. The van der Waals surface area contributed by atoms with Crippen molar-refractivity contribution >= 4 is 5.97 Å². The first-order valence-electron chi connectivity index (χ1n) is 7.22. The second-order valence-electron chi connectivity index (χ2n) is 5.07. The van der Waals surface area contributed by atoms with E-state index in [2.05, 4.69) is 0 Å². The quantitative estimate of drug-likeness (QED) is 0.830. The number of rotatable bonds is 6. The lowest BCUT2D eigenvalue weighted by molar-refractivity contribution is -0.0135. The van der Waals surface area contributed by atoms with Gasteiger partial charge >= 0.3 is 5.97 Å². The summed E-state index contributed by atoms with van der Waals surface area (Å²) in [6.07, 6.45) is -1.60. The molecule has 0 saturated heterocycles. The number of aliphatic hydroxyl groups excluding tert-OH is 1. The van der Waals surface area contributed by atoms with Crippen molar-refractivity contribution in [2.75, 3.05) is 14.2 Å². The van der Waals surface area contributed by atoms with Gasteiger partial charge in [0.25, 0.3) is 0 Å². The van der Waals surface area contributed by atoms with Gasteiger partial charge in [-0.25, -0.2) is 4.79 Å². The van der Waals surface area contributed by atoms with Gasteiger partial charge in [-0.2, -0.15) is 0 Å². The lowest BCUT2D eigenvalue weighted by Gasteiger charge is -2.21. The van der Waals surface area contributed by atoms with Gasteiger partial charge in [0.15, 0.2) is 6.10 Å². The van der Waals surface area contributed by atoms with Gasteiger partial charge in [-0.15, -0.1) is 0 Å². The van der Waals surface area contributed by atoms with Crippen LogP contribution in [-0.2, 0) is 4.74 Å². The van der Waals surface area contributed by atoms with Crippen LogP contribution in [0.3, 0.4) is 0 Å². The molecule has 0 saturated carbocycles. The van der Waals surface area contributed by atoms with E-state index in [4.69, 9.17) is 14.2 Å². The van der Waals surface area contributed by atoms with Crippen molar-refractivity contribution in [3.63, 3.8) is 0 Å². The highest BCUT2D eigenvalue weighted by atomic mass is 16.6. The van der Waals surface area contributed by atoms with Crippen molar-refractivity contribution in [2.45, 2.75) is 19.1 Å². The summed E-state index contributed by atoms with van der Waals surface area (Å²) in [6.45, 7) is 1.58. The van der Waals surface area contributed by atoms with Crippen molar-refractivity contribution in [1.82, 2.24) is 0 Å². The van der Waals surface area contributed by atoms with Crippen LogP contribution in [0.25, 0.3) is 0 Å². The molecular formula is C18H20O5. The summed E-state index contributed by atoms with van der Waals surface area (Å²) >= 11 is 0. The molecule has 0 aliphatic heterocycles. The van der Waals surface area contributed by atoms with E-state index in [0.717, 1.165) is 0 Å². The Labute approximate surface area is 135 Å². The van der Waals surface area contributed by atoms with Gasteiger partial charge in [0.1, 0.15) is 11.5 Å². The summed E-state index contributed by atoms with van der Waals surface area (Å²) in [5.41, 5.74) is 1.09. The van der Waals surface area contributed by atoms with Crippen LogP contribution in [0.1, 0.15) is 28.9 Å². The van der Waals surface area contributed by atoms with Crippen LogP contribution < -0.4 is 9.47 Å². The Bertz CT molecular complexity index is 631. The number of methoxy groups -OCH3 is 2. The number of hydrogen-bond donors (Lipinski definition) is 1. The largest absolute Gasteiger partial charge is 0.497 e. The molecule has 0 bridgehead atoms. The van der Waals surface area contributed by atoms with E-state index in [9.17, 15) is 9.90 Å². The first-order valence-corrected chi connectivity index (χ1v) is 7.22. The summed E-state index contributed by atoms with van der Waals surface area (Å²) in [7, 11) is 3.13. The summed E-state index contributed by atoms with van der Waals surface area (Å²) in [5, 5.41) is 9.94. The molecule has 0 amide bonds. The smallest absolute Gasteiger partial charge is 0.338 e. The number of carbonyl (C=O) groups is 1. The summed E-state index contributed by atoms with van der Waals surface area (Å²) in [6, 6.07) is 13.6. The Hall–Kier alpha value is -2.53. The van der Waals surface area contributed by atoms with E-state index < -0.39 is 18.2 Å². The maximum absolute atomic E-state index is 12.3. The highest BCUT2D eigenvalue weighted by Gasteiger charge is 2.23. The third-order valence-electron chi connectivity index (χ3n) is 3.44. The maximum Gasteiger partial charge on any atom is 0.338 e. The van der Waals surface area contributed by atoms with Crippen LogP contribution in [0.2, 0.25) is 0 Å². The average Bonchev–Trinajstić information content (AvgIpc) is 2.59. The number of benzene rings is 2. The fourth-order valence-electron chi connectivity index (χ4n) is 2.15. The molecule has 0 unspecified atom stereocenters. The lowest BCUT2D eigenvalue weighted by atomic mass is 10.0. The van der Waals surface area contributed by atoms with Gasteiger partial charge in [-0.1, -0.05) is 12.1 Å². The first-order chi connectivity index (χ1) is 11.0. The summed E-state index contributed by atoms with van der Waals surface area (Å²) < 4.78 is 15.6. The Morgan fingerprint density at radius 1 is 0.913 bits per heavy atom. The van der Waals surface area contributed by atoms with Crippen LogP contribution in [0, 0.1) is 0 Å². The SMILES string of the molecule is COc1ccc(C(=O)O[C@@H](c2ccc(OC)cc2)[C@H](C)O)cc1. The minimum Gasteiger partial charge on any atom is -0.497 e. The standard InChI is InChI=1S/C18H20O5/c1-12(19)17(13-4-8-15(21-2)9-5-13)23-18(20)14-6-10-16(22-3)11-7-14/h4-12,17,19H,1-3H3/t12-,17+/m0/s1. The minimum atomic E-state index is -0.842. The predicted molar refractivity (Wildman–Crippen MR) is 85.8 cm³/mol. The van der Waals surface area contributed by atoms with Crippen LogP contribution in [0.5, 0.6) is 11.5 Å². The maximum atomic E-state index is 12.3. The van der Waals surface area contributed by atoms with E-state index in [1.165, 1.54) is 0 Å². The zero-order chi connectivity index (χ0) is 16.8. The molecule has 2 aromatic rings. The van der Waals surface area contributed by atoms with E-state index in [-0.39, 0.29) is 0 Å². The van der Waals surface area contributed by atoms with Gasteiger partial charge in [-0.05, 0) is 48.9 Å². The predicted octanol–water partition coefficient (Wildman–Crippen LogP) is 2.98. The normalized spacial score (nSPS) is 13.0. The van der Waals surface area contributed by atoms with Crippen molar-refractivity contribution in [2.24, 2.45) is 0 Å². The molecule has 2 aromatic carbocycles. The topological polar surface area (TPSA) is 65.0 Å². The van der Waals surface area contributed by atoms with Gasteiger partial charge < -0.3 is 19.3 Å². The number of carbonyl (C=O) groups excluding carboxylic acids is 1. The number of esters is 1. The molecular weight excluding hydrogens is 296 g/mol. The number of ether oxygens (including phenoxy) is 3. The highest BCUT2D eigenvalue weighted by molar-refractivity contribution is 5.89. The molecule has 0 aliphatic rings. The third kappa shape index (κ3) is 4.23. The van der Waals surface area contributed by atoms with E-state index >= 15 is 0 Å². The van der Waals surface area contributed by atoms with Crippen molar-refractivity contribution < 1.29 is 24.1 Å². The molecule has 5 nitrogen and oxygen atoms in total. The van der Waals surface area contributed by atoms with Crippen molar-refractivity contribution in [1.29, 1.82) is 0 Å². The summed E-state index contributed by atoms with van der Waals surface area (Å²) in [5.74, 6) is 0.845. The zero-order valence-electron chi connectivity index (χ0n) is 13.4. The molecule has 5 heteroatoms. The van der Waals surface area contributed by atoms with Gasteiger partial charge in [0, 0.05) is 0 Å². The molecule has 0 spiro atoms. The second-order valence-corrected chi connectivity index (χ2v) is 5.07. The van der Waals surface area contributed by atoms with Gasteiger partial charge in [0.2, 0.25) is 0 Å². The van der Waals surface area contributed by atoms with Crippen LogP contribution in [0.4, 0.5) is 0 Å². The van der Waals surface area contributed by atoms with Crippen LogP contribution in [0.15, 0.2) is 48.5 Å². The fourth-order valence-corrected chi connectivity index (χ4v) is 2.15.